The summed E-state index contributed by atoms with van der Waals surface area (Å²) in [7, 11) is 0. The fourth-order valence-corrected chi connectivity index (χ4v) is 3.20. The van der Waals surface area contributed by atoms with Crippen molar-refractivity contribution in [3.63, 3.8) is 0 Å². The molecule has 0 spiro atoms. The Balaban J connectivity index is 1.58. The van der Waals surface area contributed by atoms with Crippen LogP contribution in [0.4, 0.5) is 0 Å². The van der Waals surface area contributed by atoms with Crippen LogP contribution >= 0.6 is 0 Å². The predicted octanol–water partition coefficient (Wildman–Crippen LogP) is 5.11. The van der Waals surface area contributed by atoms with Gasteiger partial charge in [-0.3, -0.25) is 4.90 Å². The Morgan fingerprint density at radius 1 is 1.00 bits per heavy atom. The molecule has 1 aliphatic rings. The van der Waals surface area contributed by atoms with Crippen LogP contribution in [0.5, 0.6) is 5.75 Å². The molecule has 126 valence electrons. The number of allylic oxidation sites excluding steroid dienone is 1. The number of rotatable bonds is 7. The highest BCUT2D eigenvalue weighted by molar-refractivity contribution is 5.81. The number of hydrogen-bond acceptors (Lipinski definition) is 2. The number of benzene rings is 2. The molecule has 0 aromatic heterocycles. The summed E-state index contributed by atoms with van der Waals surface area (Å²) in [5, 5.41) is 0. The summed E-state index contributed by atoms with van der Waals surface area (Å²) in [6.07, 6.45) is 5.96. The molecule has 2 aromatic rings. The zero-order chi connectivity index (χ0) is 16.6. The smallest absolute Gasteiger partial charge is 0.119 e. The lowest BCUT2D eigenvalue weighted by Crippen LogP contribution is -2.25. The number of ether oxygens (including phenoxy) is 1. The molecule has 0 saturated carbocycles. The van der Waals surface area contributed by atoms with Gasteiger partial charge in [0.2, 0.25) is 0 Å². The average Bonchev–Trinajstić information content (AvgIpc) is 3.15. The standard InChI is InChI=1S/C22H27NO/c1-2-20(21-8-4-3-5-9-21)18-19-10-12-22(13-11-19)24-17-16-23-14-6-7-15-23/h3-5,8-13,18H,2,6-7,14-17H2,1H3/b20-18+. The second kappa shape index (κ2) is 8.70. The first-order chi connectivity index (χ1) is 11.8. The van der Waals surface area contributed by atoms with Gasteiger partial charge in [0.25, 0.3) is 0 Å². The maximum atomic E-state index is 5.88. The first kappa shape index (κ1) is 16.8. The van der Waals surface area contributed by atoms with Crippen molar-refractivity contribution in [2.24, 2.45) is 0 Å². The van der Waals surface area contributed by atoms with Crippen LogP contribution in [-0.4, -0.2) is 31.1 Å². The zero-order valence-electron chi connectivity index (χ0n) is 14.6. The molecule has 0 bridgehead atoms. The molecule has 24 heavy (non-hydrogen) atoms. The van der Waals surface area contributed by atoms with Crippen LogP contribution < -0.4 is 4.74 Å². The molecule has 1 aliphatic heterocycles. The minimum absolute atomic E-state index is 0.777. The molecular formula is C22H27NO. The Morgan fingerprint density at radius 2 is 1.71 bits per heavy atom. The zero-order valence-corrected chi connectivity index (χ0v) is 14.6. The highest BCUT2D eigenvalue weighted by Crippen LogP contribution is 2.22. The average molecular weight is 321 g/mol. The minimum atomic E-state index is 0.777. The fourth-order valence-electron chi connectivity index (χ4n) is 3.20. The van der Waals surface area contributed by atoms with Gasteiger partial charge >= 0.3 is 0 Å². The van der Waals surface area contributed by atoms with Crippen molar-refractivity contribution in [3.8, 4) is 5.75 Å². The predicted molar refractivity (Wildman–Crippen MR) is 102 cm³/mol. The van der Waals surface area contributed by atoms with Gasteiger partial charge in [0, 0.05) is 6.54 Å². The quantitative estimate of drug-likeness (QED) is 0.657. The molecule has 1 fully saturated rings. The lowest BCUT2D eigenvalue weighted by Gasteiger charge is -2.15. The molecule has 0 amide bonds. The summed E-state index contributed by atoms with van der Waals surface area (Å²) < 4.78 is 5.88. The number of hydrogen-bond donors (Lipinski definition) is 0. The largest absolute Gasteiger partial charge is 0.492 e. The van der Waals surface area contributed by atoms with Crippen LogP contribution in [0.2, 0.25) is 0 Å². The molecule has 2 aromatic carbocycles. The minimum Gasteiger partial charge on any atom is -0.492 e. The maximum absolute atomic E-state index is 5.88. The highest BCUT2D eigenvalue weighted by Gasteiger charge is 2.10. The Labute approximate surface area is 145 Å². The van der Waals surface area contributed by atoms with Crippen LogP contribution in [0, 0.1) is 0 Å². The summed E-state index contributed by atoms with van der Waals surface area (Å²) in [6.45, 7) is 6.47. The molecule has 0 unspecified atom stereocenters. The van der Waals surface area contributed by atoms with Crippen molar-refractivity contribution < 1.29 is 4.74 Å². The number of nitrogens with zero attached hydrogens (tertiary/aromatic N) is 1. The van der Waals surface area contributed by atoms with Gasteiger partial charge in [-0.1, -0.05) is 55.5 Å². The molecule has 1 saturated heterocycles. The lowest BCUT2D eigenvalue weighted by molar-refractivity contribution is 0.238. The number of likely N-dealkylation sites (tertiary alicyclic amines) is 1. The summed E-state index contributed by atoms with van der Waals surface area (Å²) in [5.74, 6) is 0.962. The summed E-state index contributed by atoms with van der Waals surface area (Å²) >= 11 is 0. The first-order valence-electron chi connectivity index (χ1n) is 9.06. The van der Waals surface area contributed by atoms with Crippen LogP contribution in [0.1, 0.15) is 37.3 Å². The third-order valence-corrected chi connectivity index (χ3v) is 4.62. The van der Waals surface area contributed by atoms with E-state index in [4.69, 9.17) is 4.74 Å². The van der Waals surface area contributed by atoms with E-state index in [9.17, 15) is 0 Å². The second-order valence-corrected chi connectivity index (χ2v) is 6.36. The topological polar surface area (TPSA) is 12.5 Å². The van der Waals surface area contributed by atoms with Gasteiger partial charge in [-0.05, 0) is 61.2 Å². The molecule has 2 heteroatoms. The third kappa shape index (κ3) is 4.72. The van der Waals surface area contributed by atoms with Crippen LogP contribution in [0.3, 0.4) is 0 Å². The van der Waals surface area contributed by atoms with E-state index in [1.54, 1.807) is 0 Å². The van der Waals surface area contributed by atoms with Crippen molar-refractivity contribution in [2.75, 3.05) is 26.2 Å². The highest BCUT2D eigenvalue weighted by atomic mass is 16.5. The Bertz CT molecular complexity index is 639. The van der Waals surface area contributed by atoms with E-state index < -0.39 is 0 Å². The van der Waals surface area contributed by atoms with E-state index in [0.717, 1.165) is 25.3 Å². The Morgan fingerprint density at radius 3 is 2.38 bits per heavy atom. The summed E-state index contributed by atoms with van der Waals surface area (Å²) in [6, 6.07) is 19.0. The molecular weight excluding hydrogens is 294 g/mol. The van der Waals surface area contributed by atoms with Crippen LogP contribution in [0.15, 0.2) is 54.6 Å². The molecule has 0 radical (unpaired) electrons. The van der Waals surface area contributed by atoms with Crippen LogP contribution in [-0.2, 0) is 0 Å². The Kier molecular flexibility index (Phi) is 6.08. The lowest BCUT2D eigenvalue weighted by atomic mass is 10.0. The first-order valence-corrected chi connectivity index (χ1v) is 9.06. The van der Waals surface area contributed by atoms with Gasteiger partial charge in [0.05, 0.1) is 0 Å². The van der Waals surface area contributed by atoms with E-state index in [0.29, 0.717) is 0 Å². The van der Waals surface area contributed by atoms with E-state index >= 15 is 0 Å². The van der Waals surface area contributed by atoms with Gasteiger partial charge < -0.3 is 4.74 Å². The van der Waals surface area contributed by atoms with Crippen molar-refractivity contribution in [2.45, 2.75) is 26.2 Å². The molecule has 0 atom stereocenters. The molecule has 0 N–H and O–H groups in total. The molecule has 1 heterocycles. The third-order valence-electron chi connectivity index (χ3n) is 4.62. The molecule has 3 rings (SSSR count). The second-order valence-electron chi connectivity index (χ2n) is 6.36. The van der Waals surface area contributed by atoms with Crippen molar-refractivity contribution in [1.82, 2.24) is 4.90 Å². The van der Waals surface area contributed by atoms with Gasteiger partial charge in [-0.25, -0.2) is 0 Å². The van der Waals surface area contributed by atoms with E-state index in [2.05, 4.69) is 72.5 Å². The summed E-state index contributed by atoms with van der Waals surface area (Å²) in [4.78, 5) is 2.48. The van der Waals surface area contributed by atoms with Crippen molar-refractivity contribution in [3.05, 3.63) is 65.7 Å². The summed E-state index contributed by atoms with van der Waals surface area (Å²) in [5.41, 5.74) is 3.88. The molecule has 2 nitrogen and oxygen atoms in total. The van der Waals surface area contributed by atoms with E-state index in [1.165, 1.54) is 42.6 Å². The monoisotopic (exact) mass is 321 g/mol. The van der Waals surface area contributed by atoms with Gasteiger partial charge in [-0.2, -0.15) is 0 Å². The van der Waals surface area contributed by atoms with Crippen molar-refractivity contribution in [1.29, 1.82) is 0 Å². The van der Waals surface area contributed by atoms with Gasteiger partial charge in [0.15, 0.2) is 0 Å². The van der Waals surface area contributed by atoms with E-state index in [1.807, 2.05) is 0 Å². The fraction of sp³-hybridized carbons (Fsp3) is 0.364. The van der Waals surface area contributed by atoms with Gasteiger partial charge in [-0.15, -0.1) is 0 Å². The SMILES string of the molecule is CC/C(=C\c1ccc(OCCN2CCCC2)cc1)c1ccccc1. The van der Waals surface area contributed by atoms with Crippen molar-refractivity contribution >= 4 is 11.6 Å². The Hall–Kier alpha value is -2.06. The van der Waals surface area contributed by atoms with E-state index in [-0.39, 0.29) is 0 Å². The molecule has 0 aliphatic carbocycles. The maximum Gasteiger partial charge on any atom is 0.119 e. The normalized spacial score (nSPS) is 15.6. The van der Waals surface area contributed by atoms with Gasteiger partial charge in [0.1, 0.15) is 12.4 Å². The van der Waals surface area contributed by atoms with Crippen LogP contribution in [0.25, 0.3) is 11.6 Å².